The third kappa shape index (κ3) is 5.80. The van der Waals surface area contributed by atoms with E-state index in [1.807, 2.05) is 0 Å². The number of benzene rings is 1. The SMILES string of the molecule is CC(=O)N(CCC(=O)NCCC1=CCCCC1)c1ccc(F)cc1. The maximum Gasteiger partial charge on any atom is 0.223 e. The van der Waals surface area contributed by atoms with Crippen LogP contribution in [0, 0.1) is 5.82 Å². The van der Waals surface area contributed by atoms with Gasteiger partial charge in [-0.1, -0.05) is 11.6 Å². The van der Waals surface area contributed by atoms with Crippen LogP contribution in [0.15, 0.2) is 35.9 Å². The fourth-order valence-electron chi connectivity index (χ4n) is 2.89. The van der Waals surface area contributed by atoms with Gasteiger partial charge in [-0.15, -0.1) is 0 Å². The average molecular weight is 332 g/mol. The summed E-state index contributed by atoms with van der Waals surface area (Å²) in [7, 11) is 0. The van der Waals surface area contributed by atoms with E-state index in [1.165, 1.54) is 42.4 Å². The molecule has 24 heavy (non-hydrogen) atoms. The second-order valence-corrected chi connectivity index (χ2v) is 6.11. The number of halogens is 1. The molecule has 0 fully saturated rings. The molecule has 1 N–H and O–H groups in total. The van der Waals surface area contributed by atoms with Crippen molar-refractivity contribution in [2.75, 3.05) is 18.0 Å². The zero-order chi connectivity index (χ0) is 17.4. The van der Waals surface area contributed by atoms with Crippen LogP contribution >= 0.6 is 0 Å². The Morgan fingerprint density at radius 1 is 1.21 bits per heavy atom. The Kier molecular flexibility index (Phi) is 6.97. The Morgan fingerprint density at radius 3 is 2.58 bits per heavy atom. The predicted molar refractivity (Wildman–Crippen MR) is 93.2 cm³/mol. The maximum atomic E-state index is 13.0. The lowest BCUT2D eigenvalue weighted by atomic mass is 9.97. The van der Waals surface area contributed by atoms with Crippen LogP contribution in [0.2, 0.25) is 0 Å². The van der Waals surface area contributed by atoms with Crippen LogP contribution < -0.4 is 10.2 Å². The average Bonchev–Trinajstić information content (AvgIpc) is 2.57. The molecular formula is C19H25FN2O2. The molecule has 130 valence electrons. The first-order valence-corrected chi connectivity index (χ1v) is 8.54. The summed E-state index contributed by atoms with van der Waals surface area (Å²) in [6.07, 6.45) is 8.20. The number of carbonyl (C=O) groups excluding carboxylic acids is 2. The van der Waals surface area contributed by atoms with Gasteiger partial charge in [-0.2, -0.15) is 0 Å². The minimum Gasteiger partial charge on any atom is -0.356 e. The van der Waals surface area contributed by atoms with Crippen molar-refractivity contribution in [2.45, 2.75) is 45.4 Å². The Labute approximate surface area is 142 Å². The van der Waals surface area contributed by atoms with E-state index in [2.05, 4.69) is 11.4 Å². The summed E-state index contributed by atoms with van der Waals surface area (Å²) in [5.41, 5.74) is 2.03. The lowest BCUT2D eigenvalue weighted by Crippen LogP contribution is -2.34. The van der Waals surface area contributed by atoms with Gasteiger partial charge in [0.15, 0.2) is 0 Å². The van der Waals surface area contributed by atoms with Gasteiger partial charge in [0.2, 0.25) is 11.8 Å². The summed E-state index contributed by atoms with van der Waals surface area (Å²) in [5.74, 6) is -0.585. The van der Waals surface area contributed by atoms with Crippen molar-refractivity contribution < 1.29 is 14.0 Å². The first kappa shape index (κ1) is 18.2. The van der Waals surface area contributed by atoms with Crippen LogP contribution in [0.4, 0.5) is 10.1 Å². The third-order valence-electron chi connectivity index (χ3n) is 4.23. The fraction of sp³-hybridized carbons (Fsp3) is 0.474. The number of nitrogens with one attached hydrogen (secondary N) is 1. The Balaban J connectivity index is 1.76. The minimum atomic E-state index is -0.350. The lowest BCUT2D eigenvalue weighted by Gasteiger charge is -2.21. The van der Waals surface area contributed by atoms with Crippen molar-refractivity contribution in [3.05, 3.63) is 41.7 Å². The number of carbonyl (C=O) groups is 2. The van der Waals surface area contributed by atoms with Crippen LogP contribution in [0.5, 0.6) is 0 Å². The molecule has 1 aliphatic rings. The molecule has 0 atom stereocenters. The van der Waals surface area contributed by atoms with Crippen LogP contribution in [0.25, 0.3) is 0 Å². The van der Waals surface area contributed by atoms with E-state index in [-0.39, 0.29) is 30.6 Å². The minimum absolute atomic E-state index is 0.0697. The molecule has 0 saturated carbocycles. The molecule has 1 aromatic rings. The molecule has 2 amide bonds. The monoisotopic (exact) mass is 332 g/mol. The van der Waals surface area contributed by atoms with Crippen LogP contribution in [0.3, 0.4) is 0 Å². The molecule has 1 aromatic carbocycles. The van der Waals surface area contributed by atoms with Gasteiger partial charge in [0.1, 0.15) is 5.82 Å². The molecule has 0 radical (unpaired) electrons. The Morgan fingerprint density at radius 2 is 1.96 bits per heavy atom. The summed E-state index contributed by atoms with van der Waals surface area (Å²) < 4.78 is 13.0. The number of rotatable bonds is 7. The summed E-state index contributed by atoms with van der Waals surface area (Å²) in [4.78, 5) is 25.2. The summed E-state index contributed by atoms with van der Waals surface area (Å²) >= 11 is 0. The van der Waals surface area contributed by atoms with Crippen molar-refractivity contribution in [3.63, 3.8) is 0 Å². The molecule has 0 aromatic heterocycles. The topological polar surface area (TPSA) is 49.4 Å². The Bertz CT molecular complexity index is 596. The van der Waals surface area contributed by atoms with E-state index in [1.54, 1.807) is 12.1 Å². The van der Waals surface area contributed by atoms with Gasteiger partial charge in [-0.3, -0.25) is 9.59 Å². The number of hydrogen-bond acceptors (Lipinski definition) is 2. The van der Waals surface area contributed by atoms with Gasteiger partial charge in [0, 0.05) is 32.1 Å². The highest BCUT2D eigenvalue weighted by atomic mass is 19.1. The second-order valence-electron chi connectivity index (χ2n) is 6.11. The van der Waals surface area contributed by atoms with Gasteiger partial charge in [0.05, 0.1) is 0 Å². The number of hydrogen-bond donors (Lipinski definition) is 1. The van der Waals surface area contributed by atoms with Crippen LogP contribution in [0.1, 0.15) is 45.4 Å². The fourth-order valence-corrected chi connectivity index (χ4v) is 2.89. The molecule has 1 aliphatic carbocycles. The quantitative estimate of drug-likeness (QED) is 0.776. The maximum absolute atomic E-state index is 13.0. The van der Waals surface area contributed by atoms with E-state index in [9.17, 15) is 14.0 Å². The highest BCUT2D eigenvalue weighted by Gasteiger charge is 2.13. The van der Waals surface area contributed by atoms with Gasteiger partial charge in [0.25, 0.3) is 0 Å². The summed E-state index contributed by atoms with van der Waals surface area (Å²) in [5, 5.41) is 2.91. The van der Waals surface area contributed by atoms with Crippen molar-refractivity contribution in [1.29, 1.82) is 0 Å². The van der Waals surface area contributed by atoms with Crippen LogP contribution in [-0.2, 0) is 9.59 Å². The normalized spacial score (nSPS) is 14.0. The molecule has 5 heteroatoms. The highest BCUT2D eigenvalue weighted by molar-refractivity contribution is 5.92. The summed E-state index contributed by atoms with van der Waals surface area (Å²) in [6.45, 7) is 2.37. The zero-order valence-corrected chi connectivity index (χ0v) is 14.2. The van der Waals surface area contributed by atoms with Gasteiger partial charge in [-0.25, -0.2) is 4.39 Å². The van der Waals surface area contributed by atoms with E-state index in [0.717, 1.165) is 19.3 Å². The number of anilines is 1. The third-order valence-corrected chi connectivity index (χ3v) is 4.23. The van der Waals surface area contributed by atoms with Gasteiger partial charge in [-0.05, 0) is 56.4 Å². The van der Waals surface area contributed by atoms with Gasteiger partial charge >= 0.3 is 0 Å². The lowest BCUT2D eigenvalue weighted by molar-refractivity contribution is -0.121. The predicted octanol–water partition coefficient (Wildman–Crippen LogP) is 3.58. The molecule has 0 aliphatic heterocycles. The summed E-state index contributed by atoms with van der Waals surface area (Å²) in [6, 6.07) is 5.71. The molecule has 4 nitrogen and oxygen atoms in total. The number of amides is 2. The highest BCUT2D eigenvalue weighted by Crippen LogP contribution is 2.19. The molecule has 0 spiro atoms. The molecule has 0 heterocycles. The smallest absolute Gasteiger partial charge is 0.223 e. The van der Waals surface area contributed by atoms with Crippen molar-refractivity contribution in [2.24, 2.45) is 0 Å². The van der Waals surface area contributed by atoms with E-state index in [0.29, 0.717) is 12.2 Å². The number of allylic oxidation sites excluding steroid dienone is 1. The largest absolute Gasteiger partial charge is 0.356 e. The van der Waals surface area contributed by atoms with Crippen molar-refractivity contribution >= 4 is 17.5 Å². The Hall–Kier alpha value is -2.17. The van der Waals surface area contributed by atoms with E-state index < -0.39 is 0 Å². The zero-order valence-electron chi connectivity index (χ0n) is 14.2. The van der Waals surface area contributed by atoms with E-state index >= 15 is 0 Å². The van der Waals surface area contributed by atoms with E-state index in [4.69, 9.17) is 0 Å². The van der Waals surface area contributed by atoms with Crippen molar-refractivity contribution in [1.82, 2.24) is 5.32 Å². The molecule has 2 rings (SSSR count). The molecule has 0 unspecified atom stereocenters. The molecule has 0 saturated heterocycles. The van der Waals surface area contributed by atoms with Crippen LogP contribution in [-0.4, -0.2) is 24.9 Å². The number of nitrogens with zero attached hydrogens (tertiary/aromatic N) is 1. The van der Waals surface area contributed by atoms with Crippen molar-refractivity contribution in [3.8, 4) is 0 Å². The van der Waals surface area contributed by atoms with Gasteiger partial charge < -0.3 is 10.2 Å². The first-order valence-electron chi connectivity index (χ1n) is 8.54. The standard InChI is InChI=1S/C19H25FN2O2/c1-15(23)22(18-9-7-17(20)8-10-18)14-12-19(24)21-13-11-16-5-3-2-4-6-16/h5,7-10H,2-4,6,11-14H2,1H3,(H,21,24). The molecule has 0 bridgehead atoms. The molecular weight excluding hydrogens is 307 g/mol. The second kappa shape index (κ2) is 9.21. The first-order chi connectivity index (χ1) is 11.6.